The van der Waals surface area contributed by atoms with Crippen molar-refractivity contribution in [3.8, 4) is 0 Å². The minimum absolute atomic E-state index is 0.0780. The topological polar surface area (TPSA) is 92.4 Å². The summed E-state index contributed by atoms with van der Waals surface area (Å²) in [5, 5.41) is 11.3. The average molecular weight is 258 g/mol. The van der Waals surface area contributed by atoms with Crippen LogP contribution < -0.4 is 11.1 Å². The first-order valence-electron chi connectivity index (χ1n) is 6.58. The van der Waals surface area contributed by atoms with Crippen molar-refractivity contribution in [3.63, 3.8) is 0 Å². The zero-order valence-corrected chi connectivity index (χ0v) is 11.6. The molecular formula is C13H26N2O3. The molecule has 0 spiro atoms. The summed E-state index contributed by atoms with van der Waals surface area (Å²) in [6.45, 7) is 6.67. The summed E-state index contributed by atoms with van der Waals surface area (Å²) in [5.41, 5.74) is 5.54. The van der Waals surface area contributed by atoms with Crippen LogP contribution in [0.1, 0.15) is 40.0 Å². The van der Waals surface area contributed by atoms with Crippen LogP contribution in [0.25, 0.3) is 0 Å². The molecule has 0 aliphatic carbocycles. The van der Waals surface area contributed by atoms with Crippen molar-refractivity contribution in [1.29, 1.82) is 0 Å². The van der Waals surface area contributed by atoms with Gasteiger partial charge in [0.25, 0.3) is 0 Å². The van der Waals surface area contributed by atoms with Crippen molar-refractivity contribution in [3.05, 3.63) is 0 Å². The summed E-state index contributed by atoms with van der Waals surface area (Å²) in [6, 6.07) is 0. The zero-order valence-electron chi connectivity index (χ0n) is 11.6. The van der Waals surface area contributed by atoms with Crippen LogP contribution in [0.15, 0.2) is 0 Å². The van der Waals surface area contributed by atoms with Gasteiger partial charge in [-0.25, -0.2) is 0 Å². The SMILES string of the molecule is CC(CNC(=O)CCC(CCN)C(C)C)C(=O)O. The Morgan fingerprint density at radius 3 is 2.28 bits per heavy atom. The van der Waals surface area contributed by atoms with Crippen molar-refractivity contribution in [2.24, 2.45) is 23.5 Å². The second-order valence-electron chi connectivity index (χ2n) is 5.16. The number of aliphatic carboxylic acids is 1. The van der Waals surface area contributed by atoms with Crippen molar-refractivity contribution in [1.82, 2.24) is 5.32 Å². The van der Waals surface area contributed by atoms with E-state index < -0.39 is 11.9 Å². The quantitative estimate of drug-likeness (QED) is 0.580. The molecule has 0 radical (unpaired) electrons. The largest absolute Gasteiger partial charge is 0.481 e. The summed E-state index contributed by atoms with van der Waals surface area (Å²) in [6.07, 6.45) is 2.17. The van der Waals surface area contributed by atoms with Crippen LogP contribution in [-0.4, -0.2) is 30.1 Å². The molecular weight excluding hydrogens is 232 g/mol. The van der Waals surface area contributed by atoms with Gasteiger partial charge in [0, 0.05) is 13.0 Å². The van der Waals surface area contributed by atoms with Gasteiger partial charge in [0.1, 0.15) is 0 Å². The zero-order chi connectivity index (χ0) is 14.1. The highest BCUT2D eigenvalue weighted by atomic mass is 16.4. The van der Waals surface area contributed by atoms with Crippen LogP contribution in [0.2, 0.25) is 0 Å². The number of amides is 1. The maximum Gasteiger partial charge on any atom is 0.308 e. The summed E-state index contributed by atoms with van der Waals surface area (Å²) in [5.74, 6) is -0.542. The van der Waals surface area contributed by atoms with Crippen molar-refractivity contribution in [2.75, 3.05) is 13.1 Å². The van der Waals surface area contributed by atoms with Gasteiger partial charge in [-0.2, -0.15) is 0 Å². The van der Waals surface area contributed by atoms with E-state index in [1.807, 2.05) is 0 Å². The number of nitrogens with two attached hydrogens (primary N) is 1. The van der Waals surface area contributed by atoms with E-state index in [-0.39, 0.29) is 12.5 Å². The molecule has 5 nitrogen and oxygen atoms in total. The summed E-state index contributed by atoms with van der Waals surface area (Å²) >= 11 is 0. The minimum atomic E-state index is -0.890. The molecule has 5 heteroatoms. The Balaban J connectivity index is 3.90. The number of carbonyl (C=O) groups excluding carboxylic acids is 1. The van der Waals surface area contributed by atoms with Gasteiger partial charge < -0.3 is 16.2 Å². The van der Waals surface area contributed by atoms with E-state index in [0.717, 1.165) is 12.8 Å². The van der Waals surface area contributed by atoms with Gasteiger partial charge in [-0.1, -0.05) is 20.8 Å². The van der Waals surface area contributed by atoms with E-state index in [1.54, 1.807) is 6.92 Å². The predicted molar refractivity (Wildman–Crippen MR) is 71.0 cm³/mol. The second kappa shape index (κ2) is 8.91. The number of carbonyl (C=O) groups is 2. The molecule has 0 rings (SSSR count). The third kappa shape index (κ3) is 7.27. The highest BCUT2D eigenvalue weighted by molar-refractivity contribution is 5.77. The molecule has 0 aromatic heterocycles. The van der Waals surface area contributed by atoms with E-state index >= 15 is 0 Å². The van der Waals surface area contributed by atoms with E-state index in [4.69, 9.17) is 10.8 Å². The predicted octanol–water partition coefficient (Wildman–Crippen LogP) is 1.22. The minimum Gasteiger partial charge on any atom is -0.481 e. The van der Waals surface area contributed by atoms with Gasteiger partial charge in [-0.15, -0.1) is 0 Å². The fourth-order valence-corrected chi connectivity index (χ4v) is 1.78. The van der Waals surface area contributed by atoms with Crippen molar-refractivity contribution in [2.45, 2.75) is 40.0 Å². The standard InChI is InChI=1S/C13H26N2O3/c1-9(2)11(6-7-14)4-5-12(16)15-8-10(3)13(17)18/h9-11H,4-8,14H2,1-3H3,(H,15,16)(H,17,18). The lowest BCUT2D eigenvalue weighted by Gasteiger charge is -2.19. The first-order chi connectivity index (χ1) is 8.38. The molecule has 0 saturated carbocycles. The maximum atomic E-state index is 11.6. The van der Waals surface area contributed by atoms with Gasteiger partial charge >= 0.3 is 5.97 Å². The Morgan fingerprint density at radius 2 is 1.83 bits per heavy atom. The van der Waals surface area contributed by atoms with Crippen LogP contribution in [0.3, 0.4) is 0 Å². The average Bonchev–Trinajstić information content (AvgIpc) is 2.30. The van der Waals surface area contributed by atoms with Crippen LogP contribution in [0, 0.1) is 17.8 Å². The summed E-state index contributed by atoms with van der Waals surface area (Å²) in [7, 11) is 0. The molecule has 0 heterocycles. The number of hydrogen-bond donors (Lipinski definition) is 3. The van der Waals surface area contributed by atoms with Crippen LogP contribution in [-0.2, 0) is 9.59 Å². The molecule has 0 aromatic carbocycles. The van der Waals surface area contributed by atoms with Crippen LogP contribution >= 0.6 is 0 Å². The smallest absolute Gasteiger partial charge is 0.308 e. The molecule has 0 aliphatic rings. The molecule has 18 heavy (non-hydrogen) atoms. The summed E-state index contributed by atoms with van der Waals surface area (Å²) in [4.78, 5) is 22.2. The Bertz CT molecular complexity index is 267. The molecule has 106 valence electrons. The third-order valence-electron chi connectivity index (χ3n) is 3.25. The van der Waals surface area contributed by atoms with Crippen molar-refractivity contribution < 1.29 is 14.7 Å². The molecule has 4 N–H and O–H groups in total. The molecule has 2 unspecified atom stereocenters. The lowest BCUT2D eigenvalue weighted by Crippen LogP contribution is -2.31. The van der Waals surface area contributed by atoms with Gasteiger partial charge in [-0.3, -0.25) is 9.59 Å². The van der Waals surface area contributed by atoms with Gasteiger partial charge in [0.2, 0.25) is 5.91 Å². The van der Waals surface area contributed by atoms with Crippen LogP contribution in [0.4, 0.5) is 0 Å². The Hall–Kier alpha value is -1.10. The monoisotopic (exact) mass is 258 g/mol. The van der Waals surface area contributed by atoms with Gasteiger partial charge in [0.05, 0.1) is 5.92 Å². The molecule has 0 aromatic rings. The Labute approximate surface area is 109 Å². The van der Waals surface area contributed by atoms with Gasteiger partial charge in [0.15, 0.2) is 0 Å². The molecule has 0 bridgehead atoms. The Kier molecular flexibility index (Phi) is 8.37. The molecule has 0 saturated heterocycles. The van der Waals surface area contributed by atoms with Crippen LogP contribution in [0.5, 0.6) is 0 Å². The fraction of sp³-hybridized carbons (Fsp3) is 0.846. The highest BCUT2D eigenvalue weighted by Gasteiger charge is 2.16. The number of nitrogens with one attached hydrogen (secondary N) is 1. The lowest BCUT2D eigenvalue weighted by molar-refractivity contribution is -0.141. The lowest BCUT2D eigenvalue weighted by atomic mass is 9.88. The number of carboxylic acid groups (broad SMARTS) is 1. The van der Waals surface area contributed by atoms with E-state index in [0.29, 0.717) is 24.8 Å². The normalized spacial score (nSPS) is 14.3. The van der Waals surface area contributed by atoms with E-state index in [9.17, 15) is 9.59 Å². The van der Waals surface area contributed by atoms with Crippen molar-refractivity contribution >= 4 is 11.9 Å². The van der Waals surface area contributed by atoms with E-state index in [1.165, 1.54) is 0 Å². The third-order valence-corrected chi connectivity index (χ3v) is 3.25. The highest BCUT2D eigenvalue weighted by Crippen LogP contribution is 2.20. The summed E-state index contributed by atoms with van der Waals surface area (Å²) < 4.78 is 0. The molecule has 0 fully saturated rings. The molecule has 2 atom stereocenters. The number of hydrogen-bond acceptors (Lipinski definition) is 3. The number of carboxylic acids is 1. The van der Waals surface area contributed by atoms with E-state index in [2.05, 4.69) is 19.2 Å². The Morgan fingerprint density at radius 1 is 1.22 bits per heavy atom. The second-order valence-corrected chi connectivity index (χ2v) is 5.16. The number of rotatable bonds is 9. The fourth-order valence-electron chi connectivity index (χ4n) is 1.78. The first-order valence-corrected chi connectivity index (χ1v) is 6.58. The first kappa shape index (κ1) is 16.9. The molecule has 1 amide bonds. The maximum absolute atomic E-state index is 11.6. The van der Waals surface area contributed by atoms with Gasteiger partial charge in [-0.05, 0) is 31.2 Å². The molecule has 0 aliphatic heterocycles.